The van der Waals surface area contributed by atoms with E-state index in [4.69, 9.17) is 0 Å². The molecule has 136 valence electrons. The van der Waals surface area contributed by atoms with Gasteiger partial charge in [0.15, 0.2) is 0 Å². The summed E-state index contributed by atoms with van der Waals surface area (Å²) in [5, 5.41) is 0. The molecule has 0 aromatic heterocycles. The Kier molecular flexibility index (Phi) is 39.5. The van der Waals surface area contributed by atoms with Gasteiger partial charge in [0.25, 0.3) is 0 Å². The van der Waals surface area contributed by atoms with Crippen LogP contribution in [0.4, 0.5) is 0 Å². The fourth-order valence-electron chi connectivity index (χ4n) is 0.204. The monoisotopic (exact) mass is 850 g/mol. The van der Waals surface area contributed by atoms with E-state index in [9.17, 15) is 56.8 Å². The van der Waals surface area contributed by atoms with E-state index in [0.717, 1.165) is 0 Å². The zero-order valence-corrected chi connectivity index (χ0v) is 23.0. The molecule has 0 saturated heterocycles. The fraction of sp³-hybridized carbons (Fsp3) is 0. The van der Waals surface area contributed by atoms with Crippen molar-refractivity contribution >= 4 is 102 Å². The van der Waals surface area contributed by atoms with E-state index in [1.54, 1.807) is 0 Å². The summed E-state index contributed by atoms with van der Waals surface area (Å²) in [5.74, 6) is 0. The van der Waals surface area contributed by atoms with Crippen LogP contribution >= 0.6 is 49.5 Å². The van der Waals surface area contributed by atoms with Gasteiger partial charge in [0, 0.05) is 0 Å². The van der Waals surface area contributed by atoms with Gasteiger partial charge in [-0.25, -0.2) is 0 Å². The van der Waals surface area contributed by atoms with Gasteiger partial charge in [-0.05, 0) is 0 Å². The summed E-state index contributed by atoms with van der Waals surface area (Å²) in [7, 11) is -21.1. The molecular formula is H6Bi2O15P6. The molecule has 0 spiro atoms. The van der Waals surface area contributed by atoms with Crippen molar-refractivity contribution in [2.45, 2.75) is 0 Å². The normalized spacial score (nSPS) is 17.0. The topological polar surface area (TPSA) is 268 Å². The van der Waals surface area contributed by atoms with Crippen molar-refractivity contribution in [3.63, 3.8) is 0 Å². The van der Waals surface area contributed by atoms with Gasteiger partial charge in [-0.3, -0.25) is 12.9 Å². The molecule has 0 heterocycles. The maximum absolute atomic E-state index is 9.29. The van der Waals surface area contributed by atoms with Gasteiger partial charge < -0.3 is 56.8 Å². The van der Waals surface area contributed by atoms with Crippen LogP contribution < -0.4 is 29.4 Å². The van der Waals surface area contributed by atoms with Gasteiger partial charge >= 0.3 is 52.4 Å². The summed E-state index contributed by atoms with van der Waals surface area (Å²) in [5.41, 5.74) is 0. The van der Waals surface area contributed by atoms with E-state index in [1.807, 2.05) is 0 Å². The van der Waals surface area contributed by atoms with Crippen LogP contribution in [0.15, 0.2) is 0 Å². The first kappa shape index (κ1) is 36.7. The van der Waals surface area contributed by atoms with Gasteiger partial charge in [0.2, 0.25) is 0 Å². The molecule has 0 amide bonds. The summed E-state index contributed by atoms with van der Waals surface area (Å²) in [4.78, 5) is 55.7. The van der Waals surface area contributed by atoms with Crippen molar-refractivity contribution in [2.24, 2.45) is 0 Å². The third-order valence-electron chi connectivity index (χ3n) is 0.500. The molecule has 23 heteroatoms. The molecule has 0 aromatic rings. The van der Waals surface area contributed by atoms with Crippen LogP contribution in [-0.2, 0) is 40.3 Å². The van der Waals surface area contributed by atoms with Gasteiger partial charge in [-0.1, -0.05) is 0 Å². The minimum Gasteiger partial charge on any atom is -0.781 e. The molecule has 0 saturated carbocycles. The maximum atomic E-state index is 9.29. The molecule has 0 aromatic carbocycles. The van der Waals surface area contributed by atoms with E-state index in [-0.39, 0.29) is 52.4 Å². The molecule has 0 aliphatic rings. The minimum absolute atomic E-state index is 0. The third-order valence-corrected chi connectivity index (χ3v) is 4.50. The largest absolute Gasteiger partial charge is 3.00 e. The first-order chi connectivity index (χ1) is 9.38. The number of hydrogen-bond acceptors (Lipinski definition) is 15. The predicted molar refractivity (Wildman–Crippen MR) is 68.8 cm³/mol. The molecule has 0 fully saturated rings. The summed E-state index contributed by atoms with van der Waals surface area (Å²) in [6.07, 6.45) is 0. The maximum Gasteiger partial charge on any atom is 3.00 e. The molecule has 0 N–H and O–H groups in total. The second kappa shape index (κ2) is 24.8. The minimum atomic E-state index is -3.51. The quantitative estimate of drug-likeness (QED) is 0.179. The molecule has 6 atom stereocenters. The second-order valence-electron chi connectivity index (χ2n) is 1.81. The van der Waals surface area contributed by atoms with Crippen molar-refractivity contribution in [1.82, 2.24) is 0 Å². The first-order valence-corrected chi connectivity index (χ1v) is 11.0. The second-order valence-corrected chi connectivity index (χ2v) is 7.26. The van der Waals surface area contributed by atoms with Gasteiger partial charge in [-0.15, -0.1) is 0 Å². The standard InChI is InChI=1S/2Bi.3H4O5P2/c;;3*1-6(2)5-7(3)4/h;;3*6-7H,(H,1,2)(H,3,4)/q2*+3;;;/p-6. The summed E-state index contributed by atoms with van der Waals surface area (Å²) < 4.78 is 65.4. The molecule has 0 aliphatic heterocycles. The van der Waals surface area contributed by atoms with Crippen molar-refractivity contribution in [3.8, 4) is 0 Å². The average molecular weight is 850 g/mol. The zero-order chi connectivity index (χ0) is 17.6. The Hall–Kier alpha value is 2.79. The number of rotatable bonds is 6. The van der Waals surface area contributed by atoms with E-state index in [0.29, 0.717) is 0 Å². The Bertz CT molecular complexity index is 318. The van der Waals surface area contributed by atoms with Crippen LogP contribution in [0.2, 0.25) is 0 Å². The van der Waals surface area contributed by atoms with Crippen molar-refractivity contribution in [1.29, 1.82) is 0 Å². The molecular weight excluding hydrogens is 844 g/mol. The van der Waals surface area contributed by atoms with Crippen molar-refractivity contribution in [3.05, 3.63) is 0 Å². The first-order valence-electron chi connectivity index (χ1n) is 3.67. The summed E-state index contributed by atoms with van der Waals surface area (Å²) in [6.45, 7) is 0. The summed E-state index contributed by atoms with van der Waals surface area (Å²) in [6, 6.07) is 0. The Balaban J connectivity index is -0.0000000675. The molecule has 23 heavy (non-hydrogen) atoms. The van der Waals surface area contributed by atoms with E-state index in [1.165, 1.54) is 0 Å². The van der Waals surface area contributed by atoms with Crippen molar-refractivity contribution in [2.75, 3.05) is 0 Å². The van der Waals surface area contributed by atoms with Crippen LogP contribution in [0.1, 0.15) is 0 Å². The Morgan fingerprint density at radius 1 is 0.391 bits per heavy atom. The molecule has 0 aliphatic carbocycles. The van der Waals surface area contributed by atoms with Gasteiger partial charge in [0.05, 0.1) is 0 Å². The Morgan fingerprint density at radius 2 is 0.478 bits per heavy atom. The van der Waals surface area contributed by atoms with Gasteiger partial charge in [-0.2, -0.15) is 0 Å². The third kappa shape index (κ3) is 58.9. The van der Waals surface area contributed by atoms with E-state index < -0.39 is 49.5 Å². The van der Waals surface area contributed by atoms with Crippen LogP contribution in [-0.4, -0.2) is 52.4 Å². The smallest absolute Gasteiger partial charge is 0.781 e. The van der Waals surface area contributed by atoms with Crippen molar-refractivity contribution < 1.29 is 69.7 Å². The predicted octanol–water partition coefficient (Wildman–Crippen LogP) is -5.25. The average Bonchev–Trinajstić information content (AvgIpc) is 2.10. The molecule has 0 bridgehead atoms. The Morgan fingerprint density at radius 3 is 0.478 bits per heavy atom. The Labute approximate surface area is 170 Å². The van der Waals surface area contributed by atoms with Crippen LogP contribution in [0, 0.1) is 0 Å². The molecule has 0 rings (SSSR count). The van der Waals surface area contributed by atoms with Crippen LogP contribution in [0.25, 0.3) is 0 Å². The van der Waals surface area contributed by atoms with Crippen LogP contribution in [0.3, 0.4) is 0 Å². The number of hydrogen-bond donors (Lipinski definition) is 0. The fourth-order valence-corrected chi connectivity index (χ4v) is 1.84. The molecule has 15 nitrogen and oxygen atoms in total. The molecule has 4 radical (unpaired) electrons. The molecule has 6 unspecified atom stereocenters. The van der Waals surface area contributed by atoms with E-state index >= 15 is 0 Å². The van der Waals surface area contributed by atoms with Gasteiger partial charge in [0.1, 0.15) is 49.5 Å². The summed E-state index contributed by atoms with van der Waals surface area (Å²) >= 11 is 0. The SMILES string of the molecule is O=[PH]([O-])O[PH](=O)[O-].O=[PH]([O-])O[PH](=O)[O-].O=[PH]([O-])O[PH](=O)[O-].[Bi+3].[Bi+3]. The van der Waals surface area contributed by atoms with E-state index in [2.05, 4.69) is 12.9 Å². The van der Waals surface area contributed by atoms with Crippen LogP contribution in [0.5, 0.6) is 0 Å². The zero-order valence-electron chi connectivity index (χ0n) is 10.0.